The summed E-state index contributed by atoms with van der Waals surface area (Å²) in [6.07, 6.45) is 5.06. The van der Waals surface area contributed by atoms with Crippen LogP contribution in [0.3, 0.4) is 0 Å². The van der Waals surface area contributed by atoms with Crippen molar-refractivity contribution >= 4 is 15.9 Å². The minimum absolute atomic E-state index is 0.0468. The summed E-state index contributed by atoms with van der Waals surface area (Å²) in [5.74, 6) is 1.14. The lowest BCUT2D eigenvalue weighted by Crippen LogP contribution is -2.47. The Bertz CT molecular complexity index is 969. The number of nitrogens with one attached hydrogen (secondary N) is 1. The SMILES string of the molecule is COc1ccc(S(=O)(=O)N2CCCC2C(=O)NCC(c2ccco2)N2CCCC2)cc1. The number of ether oxygens (including phenoxy) is 1. The number of carbonyl (C=O) groups is 1. The smallest absolute Gasteiger partial charge is 0.243 e. The second-order valence-electron chi connectivity index (χ2n) is 7.97. The van der Waals surface area contributed by atoms with Crippen molar-refractivity contribution in [2.45, 2.75) is 42.7 Å². The normalized spacial score (nSPS) is 21.3. The average molecular weight is 448 g/mol. The predicted molar refractivity (Wildman–Crippen MR) is 115 cm³/mol. The highest BCUT2D eigenvalue weighted by molar-refractivity contribution is 7.89. The first kappa shape index (κ1) is 21.9. The molecule has 1 amide bonds. The summed E-state index contributed by atoms with van der Waals surface area (Å²) in [4.78, 5) is 15.5. The topological polar surface area (TPSA) is 92.1 Å². The van der Waals surface area contributed by atoms with Gasteiger partial charge in [-0.1, -0.05) is 0 Å². The van der Waals surface area contributed by atoms with Crippen LogP contribution in [0.2, 0.25) is 0 Å². The summed E-state index contributed by atoms with van der Waals surface area (Å²) in [6.45, 7) is 2.64. The van der Waals surface area contributed by atoms with Gasteiger partial charge in [0, 0.05) is 13.1 Å². The van der Waals surface area contributed by atoms with Crippen LogP contribution in [0.5, 0.6) is 5.75 Å². The van der Waals surface area contributed by atoms with E-state index in [1.807, 2.05) is 12.1 Å². The number of hydrogen-bond donors (Lipinski definition) is 1. The number of methoxy groups -OCH3 is 1. The van der Waals surface area contributed by atoms with Crippen LogP contribution in [0, 0.1) is 0 Å². The van der Waals surface area contributed by atoms with Crippen molar-refractivity contribution in [1.82, 2.24) is 14.5 Å². The van der Waals surface area contributed by atoms with E-state index in [9.17, 15) is 13.2 Å². The van der Waals surface area contributed by atoms with Gasteiger partial charge >= 0.3 is 0 Å². The molecule has 0 aliphatic carbocycles. The average Bonchev–Trinajstić information content (AvgIpc) is 3.56. The Hall–Kier alpha value is -2.36. The molecule has 1 aromatic heterocycles. The first-order valence-electron chi connectivity index (χ1n) is 10.7. The van der Waals surface area contributed by atoms with Gasteiger partial charge in [-0.3, -0.25) is 9.69 Å². The van der Waals surface area contributed by atoms with Crippen LogP contribution < -0.4 is 10.1 Å². The first-order valence-corrected chi connectivity index (χ1v) is 12.2. The molecule has 2 aliphatic heterocycles. The molecular weight excluding hydrogens is 418 g/mol. The van der Waals surface area contributed by atoms with E-state index < -0.39 is 16.1 Å². The van der Waals surface area contributed by atoms with Crippen LogP contribution in [0.4, 0.5) is 0 Å². The van der Waals surface area contributed by atoms with E-state index in [0.29, 0.717) is 31.7 Å². The Morgan fingerprint density at radius 3 is 2.55 bits per heavy atom. The van der Waals surface area contributed by atoms with E-state index in [1.54, 1.807) is 18.4 Å². The van der Waals surface area contributed by atoms with Crippen LogP contribution in [0.15, 0.2) is 52.0 Å². The van der Waals surface area contributed by atoms with Gasteiger partial charge in [-0.05, 0) is 75.2 Å². The standard InChI is InChI=1S/C22H29N3O5S/c1-29-17-8-10-18(11-9-17)31(27,28)25-14-4-6-19(25)22(26)23-16-20(21-7-5-15-30-21)24-12-2-3-13-24/h5,7-11,15,19-20H,2-4,6,12-14,16H2,1H3,(H,23,26). The molecule has 3 heterocycles. The third kappa shape index (κ3) is 4.63. The number of benzene rings is 1. The van der Waals surface area contributed by atoms with E-state index in [1.165, 1.54) is 23.5 Å². The summed E-state index contributed by atoms with van der Waals surface area (Å²) < 4.78 is 38.4. The monoisotopic (exact) mass is 447 g/mol. The molecule has 8 nitrogen and oxygen atoms in total. The van der Waals surface area contributed by atoms with Crippen molar-refractivity contribution in [1.29, 1.82) is 0 Å². The lowest BCUT2D eigenvalue weighted by atomic mass is 10.1. The van der Waals surface area contributed by atoms with Crippen molar-refractivity contribution in [3.63, 3.8) is 0 Å². The van der Waals surface area contributed by atoms with E-state index in [-0.39, 0.29) is 16.8 Å². The molecule has 0 bridgehead atoms. The van der Waals surface area contributed by atoms with Gasteiger partial charge in [0.25, 0.3) is 0 Å². The largest absolute Gasteiger partial charge is 0.497 e. The van der Waals surface area contributed by atoms with Crippen molar-refractivity contribution < 1.29 is 22.4 Å². The van der Waals surface area contributed by atoms with Crippen molar-refractivity contribution in [3.8, 4) is 5.75 Å². The Kier molecular flexibility index (Phi) is 6.64. The highest BCUT2D eigenvalue weighted by Crippen LogP contribution is 2.28. The van der Waals surface area contributed by atoms with Gasteiger partial charge in [0.05, 0.1) is 24.3 Å². The second kappa shape index (κ2) is 9.42. The number of hydrogen-bond acceptors (Lipinski definition) is 6. The number of amides is 1. The van der Waals surface area contributed by atoms with E-state index in [0.717, 1.165) is 31.7 Å². The molecule has 0 saturated carbocycles. The minimum atomic E-state index is -3.77. The molecule has 0 radical (unpaired) electrons. The van der Waals surface area contributed by atoms with Crippen LogP contribution in [0.1, 0.15) is 37.5 Å². The molecule has 0 spiro atoms. The molecule has 31 heavy (non-hydrogen) atoms. The molecule has 9 heteroatoms. The maximum atomic E-state index is 13.2. The van der Waals surface area contributed by atoms with Crippen molar-refractivity contribution in [3.05, 3.63) is 48.4 Å². The van der Waals surface area contributed by atoms with E-state index in [4.69, 9.17) is 9.15 Å². The third-order valence-corrected chi connectivity index (χ3v) is 8.02. The van der Waals surface area contributed by atoms with Gasteiger partial charge in [-0.2, -0.15) is 4.31 Å². The fraction of sp³-hybridized carbons (Fsp3) is 0.500. The fourth-order valence-electron chi connectivity index (χ4n) is 4.43. The van der Waals surface area contributed by atoms with Crippen LogP contribution in [-0.4, -0.2) is 62.9 Å². The predicted octanol–water partition coefficient (Wildman–Crippen LogP) is 2.39. The van der Waals surface area contributed by atoms with E-state index >= 15 is 0 Å². The third-order valence-electron chi connectivity index (χ3n) is 6.10. The molecule has 2 saturated heterocycles. The quantitative estimate of drug-likeness (QED) is 0.668. The Morgan fingerprint density at radius 1 is 1.16 bits per heavy atom. The zero-order valence-corrected chi connectivity index (χ0v) is 18.5. The van der Waals surface area contributed by atoms with Gasteiger partial charge in [-0.15, -0.1) is 0 Å². The summed E-state index contributed by atoms with van der Waals surface area (Å²) in [5.41, 5.74) is 0. The van der Waals surface area contributed by atoms with Crippen LogP contribution in [0.25, 0.3) is 0 Å². The molecule has 4 rings (SSSR count). The summed E-state index contributed by atoms with van der Waals surface area (Å²) in [6, 6.07) is 9.27. The van der Waals surface area contributed by atoms with Gasteiger partial charge in [0.2, 0.25) is 15.9 Å². The van der Waals surface area contributed by atoms with Gasteiger partial charge in [0.15, 0.2) is 0 Å². The zero-order valence-electron chi connectivity index (χ0n) is 17.7. The highest BCUT2D eigenvalue weighted by atomic mass is 32.2. The molecule has 168 valence electrons. The molecule has 2 aliphatic rings. The fourth-order valence-corrected chi connectivity index (χ4v) is 6.09. The lowest BCUT2D eigenvalue weighted by molar-refractivity contribution is -0.124. The molecule has 1 N–H and O–H groups in total. The lowest BCUT2D eigenvalue weighted by Gasteiger charge is -2.28. The molecule has 2 aromatic rings. The number of likely N-dealkylation sites (tertiary alicyclic amines) is 1. The molecule has 1 aromatic carbocycles. The van der Waals surface area contributed by atoms with Crippen molar-refractivity contribution in [2.24, 2.45) is 0 Å². The van der Waals surface area contributed by atoms with Crippen LogP contribution in [-0.2, 0) is 14.8 Å². The Balaban J connectivity index is 1.45. The number of sulfonamides is 1. The molecule has 2 unspecified atom stereocenters. The number of rotatable bonds is 8. The summed E-state index contributed by atoms with van der Waals surface area (Å²) in [5, 5.41) is 2.99. The minimum Gasteiger partial charge on any atom is -0.497 e. The summed E-state index contributed by atoms with van der Waals surface area (Å²) in [7, 11) is -2.24. The first-order chi connectivity index (χ1) is 15.0. The molecule has 2 fully saturated rings. The Labute approximate surface area is 183 Å². The summed E-state index contributed by atoms with van der Waals surface area (Å²) >= 11 is 0. The van der Waals surface area contributed by atoms with Gasteiger partial charge in [0.1, 0.15) is 17.6 Å². The second-order valence-corrected chi connectivity index (χ2v) is 9.86. The maximum Gasteiger partial charge on any atom is 0.243 e. The van der Waals surface area contributed by atoms with Crippen LogP contribution >= 0.6 is 0 Å². The maximum absolute atomic E-state index is 13.2. The Morgan fingerprint density at radius 2 is 1.90 bits per heavy atom. The van der Waals surface area contributed by atoms with Crippen molar-refractivity contribution in [2.75, 3.05) is 33.3 Å². The number of nitrogens with zero attached hydrogens (tertiary/aromatic N) is 2. The number of furan rings is 1. The van der Waals surface area contributed by atoms with Gasteiger partial charge in [-0.25, -0.2) is 8.42 Å². The number of carbonyl (C=O) groups excluding carboxylic acids is 1. The molecular formula is C22H29N3O5S. The highest BCUT2D eigenvalue weighted by Gasteiger charge is 2.39. The zero-order chi connectivity index (χ0) is 21.8. The molecule has 2 atom stereocenters. The van der Waals surface area contributed by atoms with Gasteiger partial charge < -0.3 is 14.5 Å². The van der Waals surface area contributed by atoms with E-state index in [2.05, 4.69) is 10.2 Å².